The molecule has 5 heteroatoms. The lowest BCUT2D eigenvalue weighted by Crippen LogP contribution is -2.31. The molecule has 5 nitrogen and oxygen atoms in total. The lowest BCUT2D eigenvalue weighted by atomic mass is 10.0. The van der Waals surface area contributed by atoms with Crippen LogP contribution >= 0.6 is 0 Å². The molecule has 1 atom stereocenters. The molecule has 0 aromatic carbocycles. The number of hydrogen-bond donors (Lipinski definition) is 2. The van der Waals surface area contributed by atoms with Crippen molar-refractivity contribution in [3.63, 3.8) is 0 Å². The lowest BCUT2D eigenvalue weighted by molar-refractivity contribution is 0.503. The van der Waals surface area contributed by atoms with Gasteiger partial charge in [-0.15, -0.1) is 0 Å². The van der Waals surface area contributed by atoms with Crippen LogP contribution in [-0.4, -0.2) is 14.8 Å². The van der Waals surface area contributed by atoms with Crippen LogP contribution in [0.4, 0.5) is 0 Å². The molecule has 114 valence electrons. The van der Waals surface area contributed by atoms with Gasteiger partial charge < -0.3 is 0 Å². The highest BCUT2D eigenvalue weighted by molar-refractivity contribution is 5.25. The van der Waals surface area contributed by atoms with Crippen LogP contribution in [0.15, 0.2) is 24.4 Å². The second kappa shape index (κ2) is 7.33. The summed E-state index contributed by atoms with van der Waals surface area (Å²) in [5, 5.41) is 4.60. The average molecular weight is 287 g/mol. The Morgan fingerprint density at radius 2 is 2.10 bits per heavy atom. The van der Waals surface area contributed by atoms with Crippen molar-refractivity contribution >= 4 is 0 Å². The molecule has 3 N–H and O–H groups in total. The van der Waals surface area contributed by atoms with Crippen molar-refractivity contribution in [1.82, 2.24) is 20.2 Å². The topological polar surface area (TPSA) is 68.8 Å². The van der Waals surface area contributed by atoms with Crippen LogP contribution in [0.1, 0.15) is 49.5 Å². The van der Waals surface area contributed by atoms with Gasteiger partial charge in [-0.3, -0.25) is 20.9 Å². The Kier molecular flexibility index (Phi) is 5.47. The zero-order valence-corrected chi connectivity index (χ0v) is 13.1. The summed E-state index contributed by atoms with van der Waals surface area (Å²) in [5.41, 5.74) is 7.51. The van der Waals surface area contributed by atoms with E-state index in [1.807, 2.05) is 12.3 Å². The van der Waals surface area contributed by atoms with Crippen molar-refractivity contribution in [2.24, 2.45) is 5.84 Å². The molecule has 0 bridgehead atoms. The molecule has 0 aliphatic heterocycles. The van der Waals surface area contributed by atoms with Crippen molar-refractivity contribution in [2.45, 2.75) is 52.6 Å². The van der Waals surface area contributed by atoms with Gasteiger partial charge in [-0.25, -0.2) is 0 Å². The SMILES string of the molecule is CCc1cc(CC(NN)c2ncccc2CC)n(CC)n1. The van der Waals surface area contributed by atoms with E-state index in [0.717, 1.165) is 37.2 Å². The summed E-state index contributed by atoms with van der Waals surface area (Å²) in [5.74, 6) is 5.79. The maximum Gasteiger partial charge on any atom is 0.0690 e. The minimum absolute atomic E-state index is 0.00727. The quantitative estimate of drug-likeness (QED) is 0.605. The molecule has 0 saturated carbocycles. The largest absolute Gasteiger partial charge is 0.271 e. The molecule has 1 unspecified atom stereocenters. The molecule has 0 aliphatic carbocycles. The van der Waals surface area contributed by atoms with E-state index < -0.39 is 0 Å². The van der Waals surface area contributed by atoms with Gasteiger partial charge in [0.15, 0.2) is 0 Å². The normalized spacial score (nSPS) is 12.6. The van der Waals surface area contributed by atoms with Gasteiger partial charge in [-0.2, -0.15) is 5.10 Å². The first-order valence-electron chi connectivity index (χ1n) is 7.68. The summed E-state index contributed by atoms with van der Waals surface area (Å²) in [6.07, 6.45) is 4.52. The number of nitrogens with two attached hydrogens (primary N) is 1. The highest BCUT2D eigenvalue weighted by Gasteiger charge is 2.18. The fraction of sp³-hybridized carbons (Fsp3) is 0.500. The van der Waals surface area contributed by atoms with Gasteiger partial charge in [0, 0.05) is 24.9 Å². The molecule has 2 aromatic rings. The first kappa shape index (κ1) is 15.7. The molecule has 0 fully saturated rings. The minimum atomic E-state index is 0.00727. The predicted octanol–water partition coefficient (Wildman–Crippen LogP) is 2.17. The van der Waals surface area contributed by atoms with Gasteiger partial charge in [-0.05, 0) is 37.5 Å². The molecule has 2 heterocycles. The number of pyridine rings is 1. The highest BCUT2D eigenvalue weighted by Crippen LogP contribution is 2.20. The number of nitrogens with zero attached hydrogens (tertiary/aromatic N) is 3. The summed E-state index contributed by atoms with van der Waals surface area (Å²) < 4.78 is 2.05. The molecule has 2 aromatic heterocycles. The summed E-state index contributed by atoms with van der Waals surface area (Å²) in [6, 6.07) is 6.26. The Balaban J connectivity index is 2.28. The molecule has 2 rings (SSSR count). The van der Waals surface area contributed by atoms with Crippen molar-refractivity contribution < 1.29 is 0 Å². The molecule has 21 heavy (non-hydrogen) atoms. The van der Waals surface area contributed by atoms with Crippen LogP contribution in [0, 0.1) is 0 Å². The van der Waals surface area contributed by atoms with Crippen LogP contribution in [0.2, 0.25) is 0 Å². The number of rotatable bonds is 7. The zero-order valence-electron chi connectivity index (χ0n) is 13.1. The van der Waals surface area contributed by atoms with Crippen molar-refractivity contribution in [3.05, 3.63) is 47.0 Å². The van der Waals surface area contributed by atoms with E-state index in [4.69, 9.17) is 5.84 Å². The number of hydrazine groups is 1. The Hall–Kier alpha value is -1.72. The van der Waals surface area contributed by atoms with E-state index in [1.165, 1.54) is 11.3 Å². The summed E-state index contributed by atoms with van der Waals surface area (Å²) in [7, 11) is 0. The van der Waals surface area contributed by atoms with E-state index in [2.05, 4.69) is 53.1 Å². The number of nitrogens with one attached hydrogen (secondary N) is 1. The third-order valence-corrected chi connectivity index (χ3v) is 3.83. The third-order valence-electron chi connectivity index (χ3n) is 3.83. The van der Waals surface area contributed by atoms with Gasteiger partial charge in [0.05, 0.1) is 17.4 Å². The Morgan fingerprint density at radius 1 is 1.29 bits per heavy atom. The zero-order chi connectivity index (χ0) is 15.2. The first-order valence-corrected chi connectivity index (χ1v) is 7.68. The van der Waals surface area contributed by atoms with E-state index in [9.17, 15) is 0 Å². The fourth-order valence-corrected chi connectivity index (χ4v) is 2.63. The maximum absolute atomic E-state index is 5.79. The van der Waals surface area contributed by atoms with E-state index in [1.54, 1.807) is 0 Å². The molecule has 0 spiro atoms. The standard InChI is InChI=1S/C16H25N5/c1-4-12-8-7-9-18-16(12)15(19-17)11-14-10-13(5-2)20-21(14)6-3/h7-10,15,19H,4-6,11,17H2,1-3H3. The molecule has 0 aliphatic rings. The number of aromatic nitrogens is 3. The highest BCUT2D eigenvalue weighted by atomic mass is 15.3. The average Bonchev–Trinajstić information content (AvgIpc) is 2.94. The van der Waals surface area contributed by atoms with Crippen LogP contribution in [0.5, 0.6) is 0 Å². The van der Waals surface area contributed by atoms with E-state index in [-0.39, 0.29) is 6.04 Å². The van der Waals surface area contributed by atoms with Crippen LogP contribution in [0.25, 0.3) is 0 Å². The van der Waals surface area contributed by atoms with Gasteiger partial charge in [0.2, 0.25) is 0 Å². The van der Waals surface area contributed by atoms with E-state index >= 15 is 0 Å². The van der Waals surface area contributed by atoms with Gasteiger partial charge in [-0.1, -0.05) is 19.9 Å². The van der Waals surface area contributed by atoms with Crippen LogP contribution in [0.3, 0.4) is 0 Å². The molecule has 0 amide bonds. The van der Waals surface area contributed by atoms with Crippen LogP contribution in [-0.2, 0) is 25.8 Å². The monoisotopic (exact) mass is 287 g/mol. The molecular formula is C16H25N5. The molecule has 0 saturated heterocycles. The minimum Gasteiger partial charge on any atom is -0.271 e. The summed E-state index contributed by atoms with van der Waals surface area (Å²) in [6.45, 7) is 7.24. The number of hydrogen-bond acceptors (Lipinski definition) is 4. The summed E-state index contributed by atoms with van der Waals surface area (Å²) >= 11 is 0. The van der Waals surface area contributed by atoms with E-state index in [0.29, 0.717) is 0 Å². The second-order valence-electron chi connectivity index (χ2n) is 5.12. The van der Waals surface area contributed by atoms with Crippen molar-refractivity contribution in [3.8, 4) is 0 Å². The van der Waals surface area contributed by atoms with Gasteiger partial charge in [0.1, 0.15) is 0 Å². The predicted molar refractivity (Wildman–Crippen MR) is 84.7 cm³/mol. The Labute approximate surface area is 126 Å². The smallest absolute Gasteiger partial charge is 0.0690 e. The lowest BCUT2D eigenvalue weighted by Gasteiger charge is -2.18. The second-order valence-corrected chi connectivity index (χ2v) is 5.12. The number of aryl methyl sites for hydroxylation is 3. The molecule has 0 radical (unpaired) electrons. The molecular weight excluding hydrogens is 262 g/mol. The maximum atomic E-state index is 5.79. The van der Waals surface area contributed by atoms with Gasteiger partial charge >= 0.3 is 0 Å². The van der Waals surface area contributed by atoms with Crippen LogP contribution < -0.4 is 11.3 Å². The van der Waals surface area contributed by atoms with Crippen molar-refractivity contribution in [2.75, 3.05) is 0 Å². The van der Waals surface area contributed by atoms with Gasteiger partial charge in [0.25, 0.3) is 0 Å². The fourth-order valence-electron chi connectivity index (χ4n) is 2.63. The van der Waals surface area contributed by atoms with Crippen molar-refractivity contribution in [1.29, 1.82) is 0 Å². The Bertz CT molecular complexity index is 576. The third kappa shape index (κ3) is 3.49. The first-order chi connectivity index (χ1) is 10.2. The summed E-state index contributed by atoms with van der Waals surface area (Å²) in [4.78, 5) is 4.53. The Morgan fingerprint density at radius 3 is 2.71 bits per heavy atom.